The van der Waals surface area contributed by atoms with Crippen LogP contribution in [-0.2, 0) is 18.9 Å². The van der Waals surface area contributed by atoms with Gasteiger partial charge in [-0.3, -0.25) is 0 Å². The molecule has 0 saturated carbocycles. The van der Waals surface area contributed by atoms with Crippen LogP contribution in [0, 0.1) is 0 Å². The molecule has 0 bridgehead atoms. The number of unbranched alkanes of at least 4 members (excludes halogenated alkanes) is 6. The highest BCUT2D eigenvalue weighted by molar-refractivity contribution is 7.98. The molecule has 0 N–H and O–H groups in total. The van der Waals surface area contributed by atoms with Crippen LogP contribution in [0.15, 0.2) is 23.1 Å². The number of ether oxygens (including phenoxy) is 6. The number of thioether (sulfide) groups is 1. The first kappa shape index (κ1) is 31.0. The smallest absolute Gasteiger partial charge is 0.124 e. The van der Waals surface area contributed by atoms with Gasteiger partial charge in [0.2, 0.25) is 0 Å². The molecule has 0 aromatic heterocycles. The summed E-state index contributed by atoms with van der Waals surface area (Å²) in [4.78, 5) is 1.10. The Hall–Kier alpha value is -0.990. The Kier molecular flexibility index (Phi) is 21.7. The molecule has 0 aliphatic rings. The van der Waals surface area contributed by atoms with Crippen LogP contribution in [0.4, 0.5) is 0 Å². The van der Waals surface area contributed by atoms with Gasteiger partial charge in [0.05, 0.1) is 39.6 Å². The van der Waals surface area contributed by atoms with Crippen LogP contribution in [0.2, 0.25) is 0 Å². The Balaban J connectivity index is 2.10. The van der Waals surface area contributed by atoms with Gasteiger partial charge in [0.15, 0.2) is 0 Å². The molecule has 0 saturated heterocycles. The molecule has 34 heavy (non-hydrogen) atoms. The van der Waals surface area contributed by atoms with E-state index in [1.54, 1.807) is 11.8 Å². The molecule has 0 unspecified atom stereocenters. The van der Waals surface area contributed by atoms with Crippen molar-refractivity contribution < 1.29 is 28.4 Å². The molecule has 0 atom stereocenters. The van der Waals surface area contributed by atoms with E-state index in [2.05, 4.69) is 13.8 Å². The molecule has 0 aliphatic heterocycles. The van der Waals surface area contributed by atoms with Crippen molar-refractivity contribution in [2.45, 2.75) is 70.1 Å². The lowest BCUT2D eigenvalue weighted by molar-refractivity contribution is 0.0344. The van der Waals surface area contributed by atoms with E-state index in [-0.39, 0.29) is 0 Å². The summed E-state index contributed by atoms with van der Waals surface area (Å²) in [5.74, 6) is 1.57. The predicted molar refractivity (Wildman–Crippen MR) is 141 cm³/mol. The first-order valence-electron chi connectivity index (χ1n) is 13.1. The van der Waals surface area contributed by atoms with E-state index >= 15 is 0 Å². The van der Waals surface area contributed by atoms with Gasteiger partial charge in [-0.1, -0.05) is 52.4 Å². The summed E-state index contributed by atoms with van der Waals surface area (Å²) < 4.78 is 34.1. The van der Waals surface area contributed by atoms with Gasteiger partial charge < -0.3 is 28.4 Å². The average Bonchev–Trinajstić information content (AvgIpc) is 2.85. The monoisotopic (exact) mass is 500 g/mol. The molecular formula is C27H48O6S. The van der Waals surface area contributed by atoms with E-state index in [1.165, 1.54) is 38.5 Å². The van der Waals surface area contributed by atoms with Gasteiger partial charge in [-0.25, -0.2) is 0 Å². The Morgan fingerprint density at radius 3 is 1.32 bits per heavy atom. The van der Waals surface area contributed by atoms with Gasteiger partial charge in [0.1, 0.15) is 24.7 Å². The Bertz CT molecular complexity index is 528. The van der Waals surface area contributed by atoms with Crippen molar-refractivity contribution in [1.29, 1.82) is 0 Å². The van der Waals surface area contributed by atoms with E-state index in [0.717, 1.165) is 42.4 Å². The normalized spacial score (nSPS) is 11.1. The standard InChI is InChI=1S/C27H48O6S/c1-4-6-8-10-12-28-14-16-30-18-20-32-25-22-26(24-27(23-25)34-3)33-21-19-31-17-15-29-13-11-9-7-5-2/h22-24H,4-21H2,1-3H3. The Morgan fingerprint density at radius 2 is 0.912 bits per heavy atom. The van der Waals surface area contributed by atoms with Crippen LogP contribution >= 0.6 is 11.8 Å². The Labute approximate surface area is 212 Å². The van der Waals surface area contributed by atoms with Crippen molar-refractivity contribution in [2.75, 3.05) is 72.3 Å². The molecule has 0 aliphatic carbocycles. The maximum Gasteiger partial charge on any atom is 0.124 e. The zero-order chi connectivity index (χ0) is 24.5. The van der Waals surface area contributed by atoms with Crippen LogP contribution in [0.5, 0.6) is 11.5 Å². The van der Waals surface area contributed by atoms with E-state index in [0.29, 0.717) is 52.9 Å². The summed E-state index contributed by atoms with van der Waals surface area (Å²) in [6, 6.07) is 5.95. The van der Waals surface area contributed by atoms with E-state index < -0.39 is 0 Å². The van der Waals surface area contributed by atoms with Crippen molar-refractivity contribution in [3.05, 3.63) is 18.2 Å². The SMILES string of the molecule is CCCCCCOCCOCCOc1cc(OCCOCCOCCCCCC)cc(SC)c1. The fourth-order valence-electron chi connectivity index (χ4n) is 3.17. The zero-order valence-electron chi connectivity index (χ0n) is 21.8. The van der Waals surface area contributed by atoms with Gasteiger partial charge in [-0.05, 0) is 31.2 Å². The average molecular weight is 501 g/mol. The minimum atomic E-state index is 0.495. The van der Waals surface area contributed by atoms with E-state index in [1.807, 2.05) is 24.5 Å². The largest absolute Gasteiger partial charge is 0.491 e. The van der Waals surface area contributed by atoms with Gasteiger partial charge in [-0.2, -0.15) is 0 Å². The quantitative estimate of drug-likeness (QED) is 0.114. The van der Waals surface area contributed by atoms with Crippen molar-refractivity contribution in [2.24, 2.45) is 0 Å². The third kappa shape index (κ3) is 18.4. The Morgan fingerprint density at radius 1 is 0.500 bits per heavy atom. The lowest BCUT2D eigenvalue weighted by Gasteiger charge is -2.12. The topological polar surface area (TPSA) is 55.4 Å². The highest BCUT2D eigenvalue weighted by atomic mass is 32.2. The number of hydrogen-bond donors (Lipinski definition) is 0. The van der Waals surface area contributed by atoms with Crippen LogP contribution in [0.3, 0.4) is 0 Å². The second-order valence-electron chi connectivity index (χ2n) is 8.11. The van der Waals surface area contributed by atoms with Crippen molar-refractivity contribution in [3.8, 4) is 11.5 Å². The van der Waals surface area contributed by atoms with Crippen molar-refractivity contribution in [3.63, 3.8) is 0 Å². The van der Waals surface area contributed by atoms with Gasteiger partial charge in [0, 0.05) is 24.2 Å². The number of hydrogen-bond acceptors (Lipinski definition) is 7. The second-order valence-corrected chi connectivity index (χ2v) is 8.99. The fraction of sp³-hybridized carbons (Fsp3) is 0.778. The third-order valence-electron chi connectivity index (χ3n) is 5.11. The molecule has 0 amide bonds. The maximum atomic E-state index is 5.86. The molecular weight excluding hydrogens is 452 g/mol. The summed E-state index contributed by atoms with van der Waals surface area (Å²) in [6.45, 7) is 10.6. The third-order valence-corrected chi connectivity index (χ3v) is 5.82. The van der Waals surface area contributed by atoms with Gasteiger partial charge in [-0.15, -0.1) is 11.8 Å². The van der Waals surface area contributed by atoms with Crippen LogP contribution in [-0.4, -0.2) is 72.3 Å². The molecule has 1 rings (SSSR count). The molecule has 0 radical (unpaired) electrons. The van der Waals surface area contributed by atoms with Crippen molar-refractivity contribution >= 4 is 11.8 Å². The fourth-order valence-corrected chi connectivity index (χ4v) is 3.64. The maximum absolute atomic E-state index is 5.86. The molecule has 6 nitrogen and oxygen atoms in total. The minimum absolute atomic E-state index is 0.495. The van der Waals surface area contributed by atoms with Crippen LogP contribution in [0.25, 0.3) is 0 Å². The lowest BCUT2D eigenvalue weighted by atomic mass is 10.2. The molecule has 198 valence electrons. The first-order valence-corrected chi connectivity index (χ1v) is 14.3. The summed E-state index contributed by atoms with van der Waals surface area (Å²) >= 11 is 1.66. The van der Waals surface area contributed by atoms with Crippen molar-refractivity contribution in [1.82, 2.24) is 0 Å². The predicted octanol–water partition coefficient (Wildman–Crippen LogP) is 6.39. The first-order chi connectivity index (χ1) is 16.8. The van der Waals surface area contributed by atoms with Crippen LogP contribution in [0.1, 0.15) is 65.2 Å². The highest BCUT2D eigenvalue weighted by Crippen LogP contribution is 2.28. The summed E-state index contributed by atoms with van der Waals surface area (Å²) in [6.07, 6.45) is 11.9. The molecule has 0 fully saturated rings. The molecule has 1 aromatic carbocycles. The number of benzene rings is 1. The second kappa shape index (κ2) is 23.7. The summed E-state index contributed by atoms with van der Waals surface area (Å²) in [7, 11) is 0. The van der Waals surface area contributed by atoms with Gasteiger partial charge >= 0.3 is 0 Å². The molecule has 0 spiro atoms. The molecule has 1 aromatic rings. The van der Waals surface area contributed by atoms with E-state index in [9.17, 15) is 0 Å². The summed E-state index contributed by atoms with van der Waals surface area (Å²) in [5, 5.41) is 0. The van der Waals surface area contributed by atoms with Gasteiger partial charge in [0.25, 0.3) is 0 Å². The molecule has 7 heteroatoms. The van der Waals surface area contributed by atoms with E-state index in [4.69, 9.17) is 28.4 Å². The zero-order valence-corrected chi connectivity index (χ0v) is 22.6. The number of rotatable bonds is 25. The highest BCUT2D eigenvalue weighted by Gasteiger charge is 2.04. The minimum Gasteiger partial charge on any atom is -0.491 e. The summed E-state index contributed by atoms with van der Waals surface area (Å²) in [5.41, 5.74) is 0. The molecule has 0 heterocycles. The lowest BCUT2D eigenvalue weighted by Crippen LogP contribution is -2.12. The van der Waals surface area contributed by atoms with Crippen LogP contribution < -0.4 is 9.47 Å².